The largest absolute Gasteiger partial charge is 0.508 e. The highest BCUT2D eigenvalue weighted by atomic mass is 19.4. The van der Waals surface area contributed by atoms with Gasteiger partial charge in [0.25, 0.3) is 0 Å². The standard InChI is InChI=1S/C27H21N3O2.C2HF3O2/c28-15-17-6-8-20(9-7-17)25-22(18-4-2-1-3-5-18)14-23-26(30-25)24(16-29-27(23)32)19-10-12-21(31)13-11-19;3-2(4,5)1(6)7/h1-14,16,31H,15,28H2,(H,29,32);(H,6,7). The minimum atomic E-state index is -5.08. The number of carbonyl (C=O) groups is 1. The van der Waals surface area contributed by atoms with Gasteiger partial charge in [-0.05, 0) is 34.9 Å². The van der Waals surface area contributed by atoms with Crippen molar-refractivity contribution in [1.29, 1.82) is 0 Å². The Morgan fingerprint density at radius 3 is 1.95 bits per heavy atom. The van der Waals surface area contributed by atoms with Gasteiger partial charge in [-0.2, -0.15) is 13.2 Å². The normalized spacial score (nSPS) is 11.1. The van der Waals surface area contributed by atoms with Gasteiger partial charge in [0.2, 0.25) is 5.88 Å². The first-order valence-corrected chi connectivity index (χ1v) is 11.6. The number of alkyl halides is 3. The number of fused-ring (bicyclic) bond motifs is 1. The van der Waals surface area contributed by atoms with Crippen LogP contribution in [-0.2, 0) is 11.3 Å². The lowest BCUT2D eigenvalue weighted by molar-refractivity contribution is -0.192. The molecule has 39 heavy (non-hydrogen) atoms. The van der Waals surface area contributed by atoms with E-state index in [1.165, 1.54) is 0 Å². The van der Waals surface area contributed by atoms with Crippen molar-refractivity contribution in [3.63, 3.8) is 0 Å². The van der Waals surface area contributed by atoms with Gasteiger partial charge in [-0.3, -0.25) is 0 Å². The van der Waals surface area contributed by atoms with Crippen molar-refractivity contribution in [3.8, 4) is 45.1 Å². The summed E-state index contributed by atoms with van der Waals surface area (Å²) in [7, 11) is 0. The molecule has 0 amide bonds. The molecule has 0 atom stereocenters. The van der Waals surface area contributed by atoms with Crippen molar-refractivity contribution in [3.05, 3.63) is 96.7 Å². The molecule has 7 nitrogen and oxygen atoms in total. The number of hydrogen-bond acceptors (Lipinski definition) is 6. The molecule has 0 bridgehead atoms. The van der Waals surface area contributed by atoms with E-state index in [1.807, 2.05) is 72.8 Å². The van der Waals surface area contributed by atoms with Gasteiger partial charge >= 0.3 is 12.1 Å². The first-order chi connectivity index (χ1) is 18.6. The Morgan fingerprint density at radius 2 is 1.38 bits per heavy atom. The zero-order chi connectivity index (χ0) is 28.2. The van der Waals surface area contributed by atoms with Crippen LogP contribution >= 0.6 is 0 Å². The molecule has 198 valence electrons. The maximum atomic E-state index is 10.6. The number of benzene rings is 3. The molecule has 0 aliphatic carbocycles. The van der Waals surface area contributed by atoms with Gasteiger partial charge in [0, 0.05) is 29.4 Å². The number of phenols is 1. The van der Waals surface area contributed by atoms with Crippen molar-refractivity contribution < 1.29 is 33.3 Å². The van der Waals surface area contributed by atoms with Gasteiger partial charge in [0.15, 0.2) is 0 Å². The quantitative estimate of drug-likeness (QED) is 0.219. The number of aromatic hydroxyl groups is 2. The second-order valence-electron chi connectivity index (χ2n) is 8.39. The van der Waals surface area contributed by atoms with Crippen molar-refractivity contribution >= 4 is 16.9 Å². The second kappa shape index (κ2) is 11.2. The van der Waals surface area contributed by atoms with Crippen LogP contribution in [0.5, 0.6) is 11.6 Å². The zero-order valence-corrected chi connectivity index (χ0v) is 20.2. The summed E-state index contributed by atoms with van der Waals surface area (Å²) in [4.78, 5) is 18.1. The number of pyridine rings is 2. The Balaban J connectivity index is 0.000000448. The first kappa shape index (κ1) is 27.1. The predicted molar refractivity (Wildman–Crippen MR) is 141 cm³/mol. The highest BCUT2D eigenvalue weighted by molar-refractivity contribution is 6.00. The number of phenolic OH excluding ortho intramolecular Hbond substituents is 1. The van der Waals surface area contributed by atoms with Crippen LogP contribution in [0.3, 0.4) is 0 Å². The van der Waals surface area contributed by atoms with Gasteiger partial charge in [0.1, 0.15) is 5.75 Å². The van der Waals surface area contributed by atoms with E-state index >= 15 is 0 Å². The van der Waals surface area contributed by atoms with Crippen molar-refractivity contribution in [1.82, 2.24) is 9.97 Å². The Hall–Kier alpha value is -4.96. The lowest BCUT2D eigenvalue weighted by atomic mass is 9.95. The predicted octanol–water partition coefficient (Wildman–Crippen LogP) is 6.13. The van der Waals surface area contributed by atoms with Gasteiger partial charge in [0.05, 0.1) is 16.6 Å². The summed E-state index contributed by atoms with van der Waals surface area (Å²) in [6.45, 7) is 0.474. The van der Waals surface area contributed by atoms with E-state index in [9.17, 15) is 23.4 Å². The molecule has 0 saturated carbocycles. The van der Waals surface area contributed by atoms with Crippen LogP contribution in [-0.4, -0.2) is 37.4 Å². The van der Waals surface area contributed by atoms with Crippen molar-refractivity contribution in [2.45, 2.75) is 12.7 Å². The molecule has 5 N–H and O–H groups in total. The van der Waals surface area contributed by atoms with Crippen LogP contribution in [0.1, 0.15) is 5.56 Å². The summed E-state index contributed by atoms with van der Waals surface area (Å²) in [6, 6.07) is 26.8. The monoisotopic (exact) mass is 533 g/mol. The summed E-state index contributed by atoms with van der Waals surface area (Å²) >= 11 is 0. The molecule has 5 rings (SSSR count). The van der Waals surface area contributed by atoms with E-state index in [0.29, 0.717) is 17.4 Å². The Bertz CT molecular complexity index is 1610. The Kier molecular flexibility index (Phi) is 7.78. The van der Waals surface area contributed by atoms with Gasteiger partial charge in [-0.1, -0.05) is 66.7 Å². The fraction of sp³-hybridized carbons (Fsp3) is 0.0690. The number of hydrogen-bond donors (Lipinski definition) is 4. The summed E-state index contributed by atoms with van der Waals surface area (Å²) in [6.07, 6.45) is -3.47. The molecule has 0 aliphatic rings. The number of rotatable bonds is 4. The maximum Gasteiger partial charge on any atom is 0.490 e. The fourth-order valence-electron chi connectivity index (χ4n) is 3.85. The molecular weight excluding hydrogens is 511 g/mol. The van der Waals surface area contributed by atoms with E-state index in [1.54, 1.807) is 18.3 Å². The SMILES string of the molecule is NCc1ccc(-c2nc3c(-c4ccc(O)cc4)cnc(O)c3cc2-c2ccccc2)cc1.O=C(O)C(F)(F)F. The molecule has 2 heterocycles. The van der Waals surface area contributed by atoms with Crippen molar-refractivity contribution in [2.75, 3.05) is 0 Å². The topological polar surface area (TPSA) is 130 Å². The first-order valence-electron chi connectivity index (χ1n) is 11.6. The number of carboxylic acid groups (broad SMARTS) is 1. The molecule has 0 aliphatic heterocycles. The van der Waals surface area contributed by atoms with Crippen LogP contribution in [0.25, 0.3) is 44.4 Å². The molecule has 10 heteroatoms. The van der Waals surface area contributed by atoms with E-state index < -0.39 is 12.1 Å². The van der Waals surface area contributed by atoms with Crippen molar-refractivity contribution in [2.24, 2.45) is 5.73 Å². The van der Waals surface area contributed by atoms with Gasteiger partial charge < -0.3 is 21.1 Å². The van der Waals surface area contributed by atoms with Crippen LogP contribution in [0.15, 0.2) is 91.1 Å². The molecule has 0 radical (unpaired) electrons. The highest BCUT2D eigenvalue weighted by Crippen LogP contribution is 2.39. The van der Waals surface area contributed by atoms with Gasteiger partial charge in [-0.25, -0.2) is 14.8 Å². The molecule has 2 aromatic heterocycles. The van der Waals surface area contributed by atoms with Crippen LogP contribution in [0.2, 0.25) is 0 Å². The fourth-order valence-corrected chi connectivity index (χ4v) is 3.85. The highest BCUT2D eigenvalue weighted by Gasteiger charge is 2.38. The third kappa shape index (κ3) is 6.13. The maximum absolute atomic E-state index is 10.6. The van der Waals surface area contributed by atoms with E-state index in [0.717, 1.165) is 39.1 Å². The van der Waals surface area contributed by atoms with Crippen LogP contribution in [0.4, 0.5) is 13.2 Å². The minimum Gasteiger partial charge on any atom is -0.508 e. The summed E-state index contributed by atoms with van der Waals surface area (Å²) in [5.41, 5.74) is 12.7. The zero-order valence-electron chi connectivity index (χ0n) is 20.2. The van der Waals surface area contributed by atoms with Gasteiger partial charge in [-0.15, -0.1) is 0 Å². The lowest BCUT2D eigenvalue weighted by Crippen LogP contribution is -2.21. The smallest absolute Gasteiger partial charge is 0.490 e. The molecule has 0 saturated heterocycles. The average Bonchev–Trinajstić information content (AvgIpc) is 2.94. The number of nitrogens with two attached hydrogens (primary N) is 1. The van der Waals surface area contributed by atoms with E-state index in [2.05, 4.69) is 4.98 Å². The molecular formula is C29H22F3N3O4. The minimum absolute atomic E-state index is 0.0720. The third-order valence-corrected chi connectivity index (χ3v) is 5.80. The number of aromatic nitrogens is 2. The summed E-state index contributed by atoms with van der Waals surface area (Å²) in [5, 5.41) is 28.0. The van der Waals surface area contributed by atoms with E-state index in [-0.39, 0.29) is 11.6 Å². The Labute approximate surface area is 220 Å². The molecule has 0 unspecified atom stereocenters. The Morgan fingerprint density at radius 1 is 0.821 bits per heavy atom. The number of aliphatic carboxylic acids is 1. The molecule has 5 aromatic rings. The molecule has 3 aromatic carbocycles. The molecule has 0 spiro atoms. The third-order valence-electron chi connectivity index (χ3n) is 5.80. The van der Waals surface area contributed by atoms with Crippen LogP contribution in [0, 0.1) is 0 Å². The van der Waals surface area contributed by atoms with E-state index in [4.69, 9.17) is 20.6 Å². The number of carboxylic acids is 1. The second-order valence-corrected chi connectivity index (χ2v) is 8.39. The summed E-state index contributed by atoms with van der Waals surface area (Å²) < 4.78 is 31.7. The number of halogens is 3. The number of nitrogens with zero attached hydrogens (tertiary/aromatic N) is 2. The lowest BCUT2D eigenvalue weighted by Gasteiger charge is -2.14. The molecule has 0 fully saturated rings. The summed E-state index contributed by atoms with van der Waals surface area (Å²) in [5.74, 6) is -2.64. The van der Waals surface area contributed by atoms with Crippen LogP contribution < -0.4 is 5.73 Å². The average molecular weight is 534 g/mol.